The number of hydrogen-bond acceptors (Lipinski definition) is 2. The van der Waals surface area contributed by atoms with E-state index in [9.17, 15) is 0 Å². The van der Waals surface area contributed by atoms with Crippen molar-refractivity contribution in [2.75, 3.05) is 6.61 Å². The molecule has 0 amide bonds. The fraction of sp³-hybridized carbons (Fsp3) is 0.273. The SMILES string of the molecule is CC#CCOc1ccc(Br)c(CO)c1. The van der Waals surface area contributed by atoms with Gasteiger partial charge in [-0.25, -0.2) is 0 Å². The number of aliphatic hydroxyl groups is 1. The smallest absolute Gasteiger partial charge is 0.149 e. The van der Waals surface area contributed by atoms with E-state index in [-0.39, 0.29) is 6.61 Å². The molecule has 1 N–H and O–H groups in total. The second-order valence-corrected chi connectivity index (χ2v) is 3.48. The Kier molecular flexibility index (Phi) is 4.51. The van der Waals surface area contributed by atoms with Gasteiger partial charge in [0.25, 0.3) is 0 Å². The molecule has 2 nitrogen and oxygen atoms in total. The van der Waals surface area contributed by atoms with Crippen molar-refractivity contribution in [3.8, 4) is 17.6 Å². The van der Waals surface area contributed by atoms with Gasteiger partial charge in [-0.2, -0.15) is 0 Å². The number of ether oxygens (including phenoxy) is 1. The van der Waals surface area contributed by atoms with Crippen LogP contribution in [0.15, 0.2) is 22.7 Å². The Hall–Kier alpha value is -0.980. The van der Waals surface area contributed by atoms with Crippen LogP contribution in [0, 0.1) is 11.8 Å². The predicted molar refractivity (Wildman–Crippen MR) is 59.0 cm³/mol. The highest BCUT2D eigenvalue weighted by Crippen LogP contribution is 2.22. The van der Waals surface area contributed by atoms with Crippen LogP contribution in [0.2, 0.25) is 0 Å². The maximum atomic E-state index is 9.00. The van der Waals surface area contributed by atoms with Gasteiger partial charge in [-0.1, -0.05) is 21.9 Å². The molecule has 1 aromatic rings. The first-order valence-corrected chi connectivity index (χ1v) is 4.99. The number of benzene rings is 1. The Labute approximate surface area is 92.0 Å². The highest BCUT2D eigenvalue weighted by Gasteiger charge is 2.00. The van der Waals surface area contributed by atoms with E-state index < -0.39 is 0 Å². The topological polar surface area (TPSA) is 29.5 Å². The zero-order chi connectivity index (χ0) is 10.4. The van der Waals surface area contributed by atoms with E-state index in [1.165, 1.54) is 0 Å². The lowest BCUT2D eigenvalue weighted by Gasteiger charge is -2.05. The summed E-state index contributed by atoms with van der Waals surface area (Å²) in [6, 6.07) is 5.47. The molecule has 0 heterocycles. The third-order valence-electron chi connectivity index (χ3n) is 1.68. The Morgan fingerprint density at radius 2 is 2.29 bits per heavy atom. The van der Waals surface area contributed by atoms with Crippen molar-refractivity contribution in [3.05, 3.63) is 28.2 Å². The van der Waals surface area contributed by atoms with Crippen molar-refractivity contribution >= 4 is 15.9 Å². The molecule has 1 aromatic carbocycles. The van der Waals surface area contributed by atoms with Crippen molar-refractivity contribution in [2.24, 2.45) is 0 Å². The van der Waals surface area contributed by atoms with Gasteiger partial charge >= 0.3 is 0 Å². The molecule has 0 aliphatic rings. The van der Waals surface area contributed by atoms with Crippen LogP contribution in [0.25, 0.3) is 0 Å². The van der Waals surface area contributed by atoms with Gasteiger partial charge in [0, 0.05) is 4.47 Å². The third-order valence-corrected chi connectivity index (χ3v) is 2.45. The molecule has 0 fully saturated rings. The van der Waals surface area contributed by atoms with E-state index in [0.29, 0.717) is 6.61 Å². The molecule has 0 unspecified atom stereocenters. The number of halogens is 1. The largest absolute Gasteiger partial charge is 0.481 e. The zero-order valence-electron chi connectivity index (χ0n) is 7.88. The average Bonchev–Trinajstić information content (AvgIpc) is 2.21. The van der Waals surface area contributed by atoms with Gasteiger partial charge in [0.2, 0.25) is 0 Å². The van der Waals surface area contributed by atoms with Gasteiger partial charge < -0.3 is 9.84 Å². The molecule has 0 saturated heterocycles. The Morgan fingerprint density at radius 1 is 1.50 bits per heavy atom. The van der Waals surface area contributed by atoms with E-state index >= 15 is 0 Å². The predicted octanol–water partition coefficient (Wildman–Crippen LogP) is 2.34. The van der Waals surface area contributed by atoms with Crippen molar-refractivity contribution < 1.29 is 9.84 Å². The van der Waals surface area contributed by atoms with Crippen LogP contribution in [-0.2, 0) is 6.61 Å². The van der Waals surface area contributed by atoms with Crippen LogP contribution >= 0.6 is 15.9 Å². The van der Waals surface area contributed by atoms with Crippen molar-refractivity contribution in [1.82, 2.24) is 0 Å². The van der Waals surface area contributed by atoms with Crippen molar-refractivity contribution in [2.45, 2.75) is 13.5 Å². The highest BCUT2D eigenvalue weighted by molar-refractivity contribution is 9.10. The van der Waals surface area contributed by atoms with Crippen LogP contribution in [0.5, 0.6) is 5.75 Å². The monoisotopic (exact) mass is 254 g/mol. The first kappa shape index (κ1) is 11.1. The summed E-state index contributed by atoms with van der Waals surface area (Å²) >= 11 is 3.33. The van der Waals surface area contributed by atoms with E-state index in [1.54, 1.807) is 13.0 Å². The molecule has 0 bridgehead atoms. The second-order valence-electron chi connectivity index (χ2n) is 2.63. The standard InChI is InChI=1S/C11H11BrO2/c1-2-3-6-14-10-4-5-11(12)9(7-10)8-13/h4-5,7,13H,6,8H2,1H3. The molecule has 74 valence electrons. The summed E-state index contributed by atoms with van der Waals surface area (Å²) in [6.45, 7) is 2.14. The van der Waals surface area contributed by atoms with Gasteiger partial charge in [0.05, 0.1) is 6.61 Å². The molecule has 0 saturated carbocycles. The molecule has 0 radical (unpaired) electrons. The molecule has 1 rings (SSSR count). The number of aliphatic hydroxyl groups excluding tert-OH is 1. The molecular weight excluding hydrogens is 244 g/mol. The molecule has 0 aliphatic heterocycles. The van der Waals surface area contributed by atoms with Gasteiger partial charge in [0.1, 0.15) is 12.4 Å². The van der Waals surface area contributed by atoms with E-state index in [2.05, 4.69) is 27.8 Å². The Morgan fingerprint density at radius 3 is 2.93 bits per heavy atom. The first-order valence-electron chi connectivity index (χ1n) is 4.19. The number of hydrogen-bond donors (Lipinski definition) is 1. The summed E-state index contributed by atoms with van der Waals surface area (Å²) in [5.41, 5.74) is 0.812. The number of rotatable bonds is 3. The van der Waals surface area contributed by atoms with Crippen LogP contribution in [-0.4, -0.2) is 11.7 Å². The summed E-state index contributed by atoms with van der Waals surface area (Å²) in [6.07, 6.45) is 0. The van der Waals surface area contributed by atoms with Gasteiger partial charge in [0.15, 0.2) is 0 Å². The highest BCUT2D eigenvalue weighted by atomic mass is 79.9. The third kappa shape index (κ3) is 3.06. The van der Waals surface area contributed by atoms with Crippen molar-refractivity contribution in [1.29, 1.82) is 0 Å². The molecule has 0 aliphatic carbocycles. The Bertz CT molecular complexity index is 363. The zero-order valence-corrected chi connectivity index (χ0v) is 9.47. The normalized spacial score (nSPS) is 9.07. The summed E-state index contributed by atoms with van der Waals surface area (Å²) in [4.78, 5) is 0. The fourth-order valence-electron chi connectivity index (χ4n) is 0.954. The minimum Gasteiger partial charge on any atom is -0.481 e. The quantitative estimate of drug-likeness (QED) is 0.840. The lowest BCUT2D eigenvalue weighted by Crippen LogP contribution is -1.95. The molecule has 0 aromatic heterocycles. The van der Waals surface area contributed by atoms with Crippen LogP contribution in [0.1, 0.15) is 12.5 Å². The van der Waals surface area contributed by atoms with Crippen LogP contribution < -0.4 is 4.74 Å². The van der Waals surface area contributed by atoms with Gasteiger partial charge in [-0.3, -0.25) is 0 Å². The van der Waals surface area contributed by atoms with E-state index in [1.807, 2.05) is 12.1 Å². The molecule has 0 spiro atoms. The maximum Gasteiger partial charge on any atom is 0.149 e. The lowest BCUT2D eigenvalue weighted by molar-refractivity contribution is 0.280. The molecule has 14 heavy (non-hydrogen) atoms. The van der Waals surface area contributed by atoms with Crippen molar-refractivity contribution in [3.63, 3.8) is 0 Å². The van der Waals surface area contributed by atoms with Gasteiger partial charge in [-0.05, 0) is 30.7 Å². The minimum absolute atomic E-state index is 0.00274. The maximum absolute atomic E-state index is 9.00. The molecule has 3 heteroatoms. The minimum atomic E-state index is -0.00274. The summed E-state index contributed by atoms with van der Waals surface area (Å²) in [5.74, 6) is 6.27. The summed E-state index contributed by atoms with van der Waals surface area (Å²) < 4.78 is 6.22. The Balaban J connectivity index is 2.72. The fourth-order valence-corrected chi connectivity index (χ4v) is 1.33. The average molecular weight is 255 g/mol. The van der Waals surface area contributed by atoms with E-state index in [4.69, 9.17) is 9.84 Å². The first-order chi connectivity index (χ1) is 6.77. The second kappa shape index (κ2) is 5.69. The summed E-state index contributed by atoms with van der Waals surface area (Å²) in [7, 11) is 0. The summed E-state index contributed by atoms with van der Waals surface area (Å²) in [5, 5.41) is 9.00. The van der Waals surface area contributed by atoms with Crippen LogP contribution in [0.4, 0.5) is 0 Å². The van der Waals surface area contributed by atoms with Crippen LogP contribution in [0.3, 0.4) is 0 Å². The molecular formula is C11H11BrO2. The lowest BCUT2D eigenvalue weighted by atomic mass is 10.2. The molecule has 0 atom stereocenters. The van der Waals surface area contributed by atoms with Gasteiger partial charge in [-0.15, -0.1) is 5.92 Å². The van der Waals surface area contributed by atoms with E-state index in [0.717, 1.165) is 15.8 Å².